The summed E-state index contributed by atoms with van der Waals surface area (Å²) in [4.78, 5) is 28.1. The molecule has 11 nitrogen and oxygen atoms in total. The minimum Gasteiger partial charge on any atom is -0.365 e. The second-order valence-corrected chi connectivity index (χ2v) is 11.1. The lowest BCUT2D eigenvalue weighted by molar-refractivity contribution is -0.137. The van der Waals surface area contributed by atoms with Crippen LogP contribution in [0.3, 0.4) is 0 Å². The Labute approximate surface area is 230 Å². The number of pyridine rings is 1. The second kappa shape index (κ2) is 12.9. The lowest BCUT2D eigenvalue weighted by atomic mass is 10.1. The predicted octanol–water partition coefficient (Wildman–Crippen LogP) is 3.64. The number of hydrogen-bond acceptors (Lipinski definition) is 9. The molecule has 40 heavy (non-hydrogen) atoms. The number of hydrogen-bond donors (Lipinski definition) is 3. The molecule has 3 rings (SSSR count). The van der Waals surface area contributed by atoms with Gasteiger partial charge in [0.2, 0.25) is 16.0 Å². The standard InChI is InChI=1S/C25H31F3N8O3S/c1-5-40(38,39)34-21-18(9-7-11-29-21)15-30-22-20(25(26,27)28)16-31-24(33-22)32-19-10-6-8-17(14-19)23(37)36(4)13-12-35(2)3/h6-11,14,16H,5,12-13,15H2,1-4H3,(H,29,34)(H2,30,31,32,33). The zero-order valence-corrected chi connectivity index (χ0v) is 23.3. The highest BCUT2D eigenvalue weighted by molar-refractivity contribution is 7.92. The Morgan fingerprint density at radius 1 is 1.02 bits per heavy atom. The summed E-state index contributed by atoms with van der Waals surface area (Å²) in [5, 5.41) is 5.47. The Bertz CT molecular complexity index is 1430. The summed E-state index contributed by atoms with van der Waals surface area (Å²) < 4.78 is 67.5. The number of benzene rings is 1. The number of alkyl halides is 3. The predicted molar refractivity (Wildman–Crippen MR) is 147 cm³/mol. The Balaban J connectivity index is 1.83. The maximum Gasteiger partial charge on any atom is 0.421 e. The van der Waals surface area contributed by atoms with Crippen molar-refractivity contribution in [3.05, 3.63) is 65.5 Å². The Kier molecular flexibility index (Phi) is 9.87. The molecule has 0 atom stereocenters. The number of carbonyl (C=O) groups is 1. The molecule has 0 aliphatic carbocycles. The maximum atomic E-state index is 13.7. The summed E-state index contributed by atoms with van der Waals surface area (Å²) in [5.41, 5.74) is -0.00862. The van der Waals surface area contributed by atoms with Crippen molar-refractivity contribution in [1.29, 1.82) is 0 Å². The van der Waals surface area contributed by atoms with E-state index in [1.165, 1.54) is 25.3 Å². The van der Waals surface area contributed by atoms with Gasteiger partial charge in [-0.05, 0) is 45.3 Å². The number of amides is 1. The van der Waals surface area contributed by atoms with Crippen LogP contribution < -0.4 is 15.4 Å². The van der Waals surface area contributed by atoms with Gasteiger partial charge in [-0.1, -0.05) is 12.1 Å². The zero-order valence-electron chi connectivity index (χ0n) is 22.5. The van der Waals surface area contributed by atoms with Crippen molar-refractivity contribution >= 4 is 39.2 Å². The summed E-state index contributed by atoms with van der Waals surface area (Å²) in [5.74, 6) is -1.08. The lowest BCUT2D eigenvalue weighted by Gasteiger charge is -2.20. The van der Waals surface area contributed by atoms with Crippen LogP contribution in [0, 0.1) is 0 Å². The number of anilines is 4. The monoisotopic (exact) mass is 580 g/mol. The molecule has 2 heterocycles. The third kappa shape index (κ3) is 8.51. The number of carbonyl (C=O) groups excluding carboxylic acids is 1. The first-order valence-corrected chi connectivity index (χ1v) is 13.8. The maximum absolute atomic E-state index is 13.7. The molecule has 3 N–H and O–H groups in total. The van der Waals surface area contributed by atoms with E-state index in [0.29, 0.717) is 36.1 Å². The van der Waals surface area contributed by atoms with E-state index < -0.39 is 27.6 Å². The molecule has 0 aliphatic heterocycles. The van der Waals surface area contributed by atoms with Gasteiger partial charge < -0.3 is 20.4 Å². The van der Waals surface area contributed by atoms with Gasteiger partial charge in [-0.3, -0.25) is 9.52 Å². The van der Waals surface area contributed by atoms with Gasteiger partial charge in [-0.2, -0.15) is 18.2 Å². The van der Waals surface area contributed by atoms with Crippen LogP contribution in [-0.4, -0.2) is 79.1 Å². The normalized spacial score (nSPS) is 11.8. The van der Waals surface area contributed by atoms with Gasteiger partial charge >= 0.3 is 6.18 Å². The topological polar surface area (TPSA) is 132 Å². The SMILES string of the molecule is CCS(=O)(=O)Nc1ncccc1CNc1nc(Nc2cccc(C(=O)N(C)CCN(C)C)c2)ncc1C(F)(F)F. The fourth-order valence-corrected chi connectivity index (χ4v) is 4.01. The Morgan fingerprint density at radius 3 is 2.45 bits per heavy atom. The fourth-order valence-electron chi connectivity index (χ4n) is 3.39. The minimum atomic E-state index is -4.76. The molecule has 216 valence electrons. The van der Waals surface area contributed by atoms with E-state index in [4.69, 9.17) is 0 Å². The van der Waals surface area contributed by atoms with Crippen LogP contribution in [0.5, 0.6) is 0 Å². The zero-order chi connectivity index (χ0) is 29.5. The molecule has 1 aromatic carbocycles. The van der Waals surface area contributed by atoms with Gasteiger partial charge in [0.1, 0.15) is 17.2 Å². The number of aromatic nitrogens is 3. The largest absolute Gasteiger partial charge is 0.421 e. The molecule has 1 amide bonds. The summed E-state index contributed by atoms with van der Waals surface area (Å²) in [6.45, 7) is 2.43. The molecule has 0 saturated heterocycles. The van der Waals surface area contributed by atoms with E-state index in [-0.39, 0.29) is 30.0 Å². The van der Waals surface area contributed by atoms with Gasteiger partial charge in [0.15, 0.2) is 0 Å². The average molecular weight is 581 g/mol. The highest BCUT2D eigenvalue weighted by atomic mass is 32.2. The smallest absolute Gasteiger partial charge is 0.365 e. The molecule has 15 heteroatoms. The highest BCUT2D eigenvalue weighted by Crippen LogP contribution is 2.34. The molecular formula is C25H31F3N8O3S. The van der Waals surface area contributed by atoms with Crippen molar-refractivity contribution in [2.75, 3.05) is 55.3 Å². The first-order valence-electron chi connectivity index (χ1n) is 12.2. The van der Waals surface area contributed by atoms with Crippen LogP contribution >= 0.6 is 0 Å². The van der Waals surface area contributed by atoms with Gasteiger partial charge in [0, 0.05) is 55.9 Å². The molecular weight excluding hydrogens is 549 g/mol. The van der Waals surface area contributed by atoms with Crippen molar-refractivity contribution in [2.45, 2.75) is 19.6 Å². The van der Waals surface area contributed by atoms with Gasteiger partial charge in [0.25, 0.3) is 5.91 Å². The quantitative estimate of drug-likeness (QED) is 0.294. The summed E-state index contributed by atoms with van der Waals surface area (Å²) >= 11 is 0. The van der Waals surface area contributed by atoms with Crippen LogP contribution in [-0.2, 0) is 22.7 Å². The molecule has 0 spiro atoms. The number of halogens is 3. The van der Waals surface area contributed by atoms with Crippen LogP contribution in [0.2, 0.25) is 0 Å². The molecule has 0 unspecified atom stereocenters. The van der Waals surface area contributed by atoms with Crippen molar-refractivity contribution in [3.8, 4) is 0 Å². The summed E-state index contributed by atoms with van der Waals surface area (Å²) in [6.07, 6.45) is -2.75. The molecule has 0 radical (unpaired) electrons. The first-order chi connectivity index (χ1) is 18.8. The number of likely N-dealkylation sites (N-methyl/N-ethyl adjacent to an activating group) is 2. The fraction of sp³-hybridized carbons (Fsp3) is 0.360. The molecule has 2 aromatic heterocycles. The van der Waals surface area contributed by atoms with Crippen LogP contribution in [0.1, 0.15) is 28.4 Å². The van der Waals surface area contributed by atoms with E-state index in [1.807, 2.05) is 19.0 Å². The number of sulfonamides is 1. The van der Waals surface area contributed by atoms with Gasteiger partial charge in [-0.25, -0.2) is 18.4 Å². The van der Waals surface area contributed by atoms with Gasteiger partial charge in [-0.15, -0.1) is 0 Å². The first kappa shape index (κ1) is 30.6. The van der Waals surface area contributed by atoms with E-state index in [2.05, 4.69) is 30.3 Å². The number of nitrogens with one attached hydrogen (secondary N) is 3. The summed E-state index contributed by atoms with van der Waals surface area (Å²) in [7, 11) is 1.83. The number of rotatable bonds is 12. The second-order valence-electron chi connectivity index (χ2n) is 9.06. The summed E-state index contributed by atoms with van der Waals surface area (Å²) in [6, 6.07) is 9.53. The molecule has 0 saturated carbocycles. The Hall–Kier alpha value is -3.98. The van der Waals surface area contributed by atoms with E-state index >= 15 is 0 Å². The Morgan fingerprint density at radius 2 is 1.77 bits per heavy atom. The molecule has 0 fully saturated rings. The van der Waals surface area contributed by atoms with Crippen molar-refractivity contribution < 1.29 is 26.4 Å². The van der Waals surface area contributed by atoms with E-state index in [1.54, 1.807) is 36.2 Å². The number of nitrogens with zero attached hydrogens (tertiary/aromatic N) is 5. The minimum absolute atomic E-state index is 0.00477. The van der Waals surface area contributed by atoms with Crippen molar-refractivity contribution in [3.63, 3.8) is 0 Å². The van der Waals surface area contributed by atoms with E-state index in [9.17, 15) is 26.4 Å². The van der Waals surface area contributed by atoms with Crippen molar-refractivity contribution in [2.24, 2.45) is 0 Å². The van der Waals surface area contributed by atoms with Crippen LogP contribution in [0.15, 0.2) is 48.8 Å². The third-order valence-electron chi connectivity index (χ3n) is 5.66. The highest BCUT2D eigenvalue weighted by Gasteiger charge is 2.35. The third-order valence-corrected chi connectivity index (χ3v) is 6.92. The average Bonchev–Trinajstić information content (AvgIpc) is 2.90. The van der Waals surface area contributed by atoms with Crippen LogP contribution in [0.4, 0.5) is 36.4 Å². The van der Waals surface area contributed by atoms with Crippen molar-refractivity contribution in [1.82, 2.24) is 24.8 Å². The van der Waals surface area contributed by atoms with Crippen LogP contribution in [0.25, 0.3) is 0 Å². The lowest BCUT2D eigenvalue weighted by Crippen LogP contribution is -2.33. The molecule has 0 aliphatic rings. The molecule has 3 aromatic rings. The van der Waals surface area contributed by atoms with E-state index in [0.717, 1.165) is 0 Å². The van der Waals surface area contributed by atoms with Gasteiger partial charge in [0.05, 0.1) is 5.75 Å². The molecule has 0 bridgehead atoms.